The van der Waals surface area contributed by atoms with Crippen LogP contribution < -0.4 is 10.2 Å². The van der Waals surface area contributed by atoms with Crippen molar-refractivity contribution in [3.05, 3.63) is 80.2 Å². The first-order valence-electron chi connectivity index (χ1n) is 7.11. The second kappa shape index (κ2) is 6.37. The molecule has 0 N–H and O–H groups in total. The Morgan fingerprint density at radius 3 is 2.54 bits per heavy atom. The number of rotatable bonds is 4. The summed E-state index contributed by atoms with van der Waals surface area (Å²) in [6.07, 6.45) is 4.68. The van der Waals surface area contributed by atoms with Gasteiger partial charge in [0.05, 0.1) is 17.6 Å². The molecule has 24 heavy (non-hydrogen) atoms. The summed E-state index contributed by atoms with van der Waals surface area (Å²) in [6, 6.07) is 11.2. The Bertz CT molecular complexity index is 986. The largest absolute Gasteiger partial charge is 0.496 e. The van der Waals surface area contributed by atoms with E-state index in [0.29, 0.717) is 22.3 Å². The Labute approximate surface area is 136 Å². The summed E-state index contributed by atoms with van der Waals surface area (Å²) < 4.78 is 10.7. The highest BCUT2D eigenvalue weighted by molar-refractivity contribution is 5.86. The molecule has 6 heteroatoms. The van der Waals surface area contributed by atoms with Crippen LogP contribution in [0.5, 0.6) is 5.75 Å². The van der Waals surface area contributed by atoms with Gasteiger partial charge in [-0.3, -0.25) is 14.9 Å². The highest BCUT2D eigenvalue weighted by atomic mass is 16.6. The Hall–Kier alpha value is -3.41. The van der Waals surface area contributed by atoms with Crippen LogP contribution >= 0.6 is 0 Å². The normalized spacial score (nSPS) is 11.0. The number of hydrogen-bond donors (Lipinski definition) is 0. The molecule has 0 saturated carbocycles. The molecule has 120 valence electrons. The summed E-state index contributed by atoms with van der Waals surface area (Å²) in [7, 11) is 1.49. The van der Waals surface area contributed by atoms with E-state index in [0.717, 1.165) is 5.56 Å². The standard InChI is InChI=1S/C18H13NO5/c1-23-15-3-2-4-16-17(15)18(20)13(11-24-16)8-5-12-6-9-14(10-7-12)19(21)22/h2-11H,1H3. The maximum Gasteiger partial charge on any atom is 0.269 e. The second-order valence-electron chi connectivity index (χ2n) is 5.04. The minimum absolute atomic E-state index is 0.0158. The Balaban J connectivity index is 1.99. The van der Waals surface area contributed by atoms with Crippen LogP contribution in [0.1, 0.15) is 11.1 Å². The maximum absolute atomic E-state index is 12.6. The first kappa shape index (κ1) is 15.5. The Kier molecular flexibility index (Phi) is 4.11. The smallest absolute Gasteiger partial charge is 0.269 e. The molecule has 2 aromatic carbocycles. The molecule has 0 spiro atoms. The van der Waals surface area contributed by atoms with Crippen LogP contribution in [0, 0.1) is 10.1 Å². The van der Waals surface area contributed by atoms with Gasteiger partial charge in [0.15, 0.2) is 0 Å². The van der Waals surface area contributed by atoms with Gasteiger partial charge < -0.3 is 9.15 Å². The summed E-state index contributed by atoms with van der Waals surface area (Å²) in [5.41, 5.74) is 1.37. The third-order valence-corrected chi connectivity index (χ3v) is 3.57. The molecule has 0 amide bonds. The molecule has 0 saturated heterocycles. The van der Waals surface area contributed by atoms with Crippen molar-refractivity contribution in [3.63, 3.8) is 0 Å². The fourth-order valence-electron chi connectivity index (χ4n) is 2.34. The van der Waals surface area contributed by atoms with Crippen LogP contribution in [0.2, 0.25) is 0 Å². The van der Waals surface area contributed by atoms with E-state index in [4.69, 9.17) is 9.15 Å². The van der Waals surface area contributed by atoms with Gasteiger partial charge >= 0.3 is 0 Å². The molecule has 6 nitrogen and oxygen atoms in total. The first-order chi connectivity index (χ1) is 11.6. The number of nitro groups is 1. The highest BCUT2D eigenvalue weighted by Crippen LogP contribution is 2.23. The maximum atomic E-state index is 12.6. The zero-order chi connectivity index (χ0) is 17.1. The number of methoxy groups -OCH3 is 1. The molecule has 0 bridgehead atoms. The number of ether oxygens (including phenoxy) is 1. The monoisotopic (exact) mass is 323 g/mol. The van der Waals surface area contributed by atoms with Crippen molar-refractivity contribution in [3.8, 4) is 5.75 Å². The highest BCUT2D eigenvalue weighted by Gasteiger charge is 2.10. The SMILES string of the molecule is COc1cccc2occ(C=Cc3ccc([N+](=O)[O-])cc3)c(=O)c12. The van der Waals surface area contributed by atoms with E-state index in [9.17, 15) is 14.9 Å². The van der Waals surface area contributed by atoms with Crippen LogP contribution in [-0.2, 0) is 0 Å². The molecule has 3 aromatic rings. The molecule has 1 heterocycles. The molecular weight excluding hydrogens is 310 g/mol. The van der Waals surface area contributed by atoms with Gasteiger partial charge in [-0.1, -0.05) is 12.1 Å². The Morgan fingerprint density at radius 2 is 1.88 bits per heavy atom. The lowest BCUT2D eigenvalue weighted by Gasteiger charge is -2.04. The number of nitro benzene ring substituents is 1. The summed E-state index contributed by atoms with van der Waals surface area (Å²) >= 11 is 0. The van der Waals surface area contributed by atoms with E-state index >= 15 is 0 Å². The van der Waals surface area contributed by atoms with E-state index in [-0.39, 0.29) is 11.1 Å². The van der Waals surface area contributed by atoms with Crippen LogP contribution in [0.3, 0.4) is 0 Å². The van der Waals surface area contributed by atoms with Crippen molar-refractivity contribution >= 4 is 28.8 Å². The molecule has 0 aliphatic rings. The number of benzene rings is 2. The van der Waals surface area contributed by atoms with E-state index in [1.807, 2.05) is 0 Å². The van der Waals surface area contributed by atoms with Gasteiger partial charge in [0.1, 0.15) is 23.0 Å². The first-order valence-corrected chi connectivity index (χ1v) is 7.11. The predicted molar refractivity (Wildman–Crippen MR) is 91.1 cm³/mol. The van der Waals surface area contributed by atoms with Crippen LogP contribution in [0.15, 0.2) is 57.9 Å². The summed E-state index contributed by atoms with van der Waals surface area (Å²) in [6.45, 7) is 0. The molecule has 0 unspecified atom stereocenters. The zero-order valence-corrected chi connectivity index (χ0v) is 12.8. The lowest BCUT2D eigenvalue weighted by Crippen LogP contribution is -2.06. The number of hydrogen-bond acceptors (Lipinski definition) is 5. The molecular formula is C18H13NO5. The van der Waals surface area contributed by atoms with E-state index in [2.05, 4.69) is 0 Å². The minimum atomic E-state index is -0.461. The van der Waals surface area contributed by atoms with E-state index in [1.54, 1.807) is 42.5 Å². The van der Waals surface area contributed by atoms with Crippen molar-refractivity contribution in [2.75, 3.05) is 7.11 Å². The molecule has 0 fully saturated rings. The number of non-ortho nitro benzene ring substituents is 1. The van der Waals surface area contributed by atoms with Crippen molar-refractivity contribution in [1.82, 2.24) is 0 Å². The molecule has 0 aliphatic carbocycles. The lowest BCUT2D eigenvalue weighted by molar-refractivity contribution is -0.384. The lowest BCUT2D eigenvalue weighted by atomic mass is 10.1. The summed E-state index contributed by atoms with van der Waals surface area (Å²) in [5, 5.41) is 11.0. The third-order valence-electron chi connectivity index (χ3n) is 3.57. The second-order valence-corrected chi connectivity index (χ2v) is 5.04. The molecule has 1 aromatic heterocycles. The van der Waals surface area contributed by atoms with Crippen LogP contribution in [0.4, 0.5) is 5.69 Å². The van der Waals surface area contributed by atoms with Crippen molar-refractivity contribution in [2.24, 2.45) is 0 Å². The van der Waals surface area contributed by atoms with Gasteiger partial charge in [-0.25, -0.2) is 0 Å². The minimum Gasteiger partial charge on any atom is -0.496 e. The van der Waals surface area contributed by atoms with Gasteiger partial charge in [-0.15, -0.1) is 0 Å². The van der Waals surface area contributed by atoms with Crippen LogP contribution in [0.25, 0.3) is 23.1 Å². The third kappa shape index (κ3) is 2.89. The van der Waals surface area contributed by atoms with E-state index in [1.165, 1.54) is 25.5 Å². The zero-order valence-electron chi connectivity index (χ0n) is 12.8. The topological polar surface area (TPSA) is 82.6 Å². The van der Waals surface area contributed by atoms with Crippen molar-refractivity contribution in [2.45, 2.75) is 0 Å². The molecule has 0 aliphatic heterocycles. The van der Waals surface area contributed by atoms with Crippen molar-refractivity contribution in [1.29, 1.82) is 0 Å². The molecule has 3 rings (SSSR count). The number of nitrogens with zero attached hydrogens (tertiary/aromatic N) is 1. The fourth-order valence-corrected chi connectivity index (χ4v) is 2.34. The molecule has 0 atom stereocenters. The summed E-state index contributed by atoms with van der Waals surface area (Å²) in [4.78, 5) is 22.8. The van der Waals surface area contributed by atoms with Crippen molar-refractivity contribution < 1.29 is 14.1 Å². The van der Waals surface area contributed by atoms with Gasteiger partial charge in [-0.2, -0.15) is 0 Å². The number of fused-ring (bicyclic) bond motifs is 1. The fraction of sp³-hybridized carbons (Fsp3) is 0.0556. The average molecular weight is 323 g/mol. The van der Waals surface area contributed by atoms with Gasteiger partial charge in [0.25, 0.3) is 5.69 Å². The predicted octanol–water partition coefficient (Wildman–Crippen LogP) is 3.88. The van der Waals surface area contributed by atoms with Gasteiger partial charge in [-0.05, 0) is 35.9 Å². The van der Waals surface area contributed by atoms with Gasteiger partial charge in [0.2, 0.25) is 5.43 Å². The average Bonchev–Trinajstić information content (AvgIpc) is 2.61. The quantitative estimate of drug-likeness (QED) is 0.537. The Morgan fingerprint density at radius 1 is 1.12 bits per heavy atom. The molecule has 0 radical (unpaired) electrons. The van der Waals surface area contributed by atoms with Crippen LogP contribution in [-0.4, -0.2) is 12.0 Å². The van der Waals surface area contributed by atoms with E-state index < -0.39 is 4.92 Å². The van der Waals surface area contributed by atoms with Gasteiger partial charge in [0, 0.05) is 12.1 Å². The summed E-state index contributed by atoms with van der Waals surface area (Å²) in [5.74, 6) is 0.451.